The SMILES string of the molecule is C1#CCCCCC[CH-]1.[CH2-]C(=O)CCCP[Si-]123OCC[N+]1(CCO2)CCO3.[Y]. The number of carbonyl (C=O) groups is 1. The molecule has 3 heterocycles. The third-order valence-corrected chi connectivity index (χ3v) is 16.7. The van der Waals surface area contributed by atoms with Crippen molar-refractivity contribution in [1.82, 2.24) is 0 Å². The number of rotatable bonds is 5. The van der Waals surface area contributed by atoms with Crippen LogP contribution in [0.4, 0.5) is 0 Å². The average molecular weight is 486 g/mol. The van der Waals surface area contributed by atoms with Crippen LogP contribution in [-0.2, 0) is 50.8 Å². The molecule has 0 bridgehead atoms. The van der Waals surface area contributed by atoms with E-state index in [9.17, 15) is 4.79 Å². The van der Waals surface area contributed by atoms with Gasteiger partial charge in [0.2, 0.25) is 0 Å². The molecule has 0 amide bonds. The number of ketones is 1. The number of nitrogens with zero attached hydrogens (tertiary/aromatic N) is 1. The van der Waals surface area contributed by atoms with Gasteiger partial charge in [0.1, 0.15) is 0 Å². The summed E-state index contributed by atoms with van der Waals surface area (Å²) in [6, 6.07) is 0. The molecule has 1 radical (unpaired) electrons. The Morgan fingerprint density at radius 2 is 1.78 bits per heavy atom. The Balaban J connectivity index is 0.000000247. The summed E-state index contributed by atoms with van der Waals surface area (Å²) in [5.74, 6) is 6.11. The maximum absolute atomic E-state index is 10.9. The Bertz CT molecular complexity index is 536. The molecule has 3 aliphatic heterocycles. The van der Waals surface area contributed by atoms with Crippen molar-refractivity contribution in [2.75, 3.05) is 45.6 Å². The van der Waals surface area contributed by atoms with Crippen molar-refractivity contribution < 1.29 is 54.9 Å². The summed E-state index contributed by atoms with van der Waals surface area (Å²) >= 11 is 0. The van der Waals surface area contributed by atoms with Gasteiger partial charge < -0.3 is 5.92 Å². The van der Waals surface area contributed by atoms with Crippen LogP contribution < -0.4 is 0 Å². The minimum absolute atomic E-state index is 0. The van der Waals surface area contributed by atoms with E-state index in [2.05, 4.69) is 25.2 Å². The third-order valence-electron chi connectivity index (χ3n) is 5.85. The Morgan fingerprint density at radius 3 is 2.41 bits per heavy atom. The molecule has 4 rings (SSSR count). The van der Waals surface area contributed by atoms with E-state index in [0.717, 1.165) is 62.6 Å². The molecule has 0 N–H and O–H groups in total. The maximum atomic E-state index is 10.9. The van der Waals surface area contributed by atoms with Gasteiger partial charge in [-0.05, 0) is 0 Å². The largest absolute Gasteiger partial charge is 0 e. The Morgan fingerprint density at radius 1 is 1.11 bits per heavy atom. The first kappa shape index (κ1) is 23.8. The molecule has 1 atom stereocenters. The van der Waals surface area contributed by atoms with Crippen LogP contribution in [0.1, 0.15) is 44.9 Å². The zero-order valence-corrected chi connectivity index (χ0v) is 21.2. The first-order valence-electron chi connectivity index (χ1n) is 9.97. The zero-order chi connectivity index (χ0) is 18.4. The molecule has 27 heavy (non-hydrogen) atoms. The number of carbonyl (C=O) groups excluding carboxylic acids is 1. The van der Waals surface area contributed by atoms with Crippen LogP contribution in [0, 0.1) is 25.2 Å². The fourth-order valence-corrected chi connectivity index (χ4v) is 15.3. The van der Waals surface area contributed by atoms with E-state index < -0.39 is 7.91 Å². The summed E-state index contributed by atoms with van der Waals surface area (Å²) in [6.45, 7) is 8.89. The standard InChI is InChI=1S/C11H21NO4PSi.C8H11.Y/c1-11(13)3-2-10-17-18-12(4-7-14-18,5-8-15-18)6-9-16-18;1-2-4-6-8-7-5-3-1;/h17H,1-10H2;1H,2,4,6-8H2;/q2*-1;. The number of Topliss-reactive ketones (excluding diaryl/α,β-unsaturated/α-hetero) is 1. The smallest absolute Gasteiger partial charge is 0 e. The molecule has 151 valence electrons. The predicted octanol–water partition coefficient (Wildman–Crippen LogP) is 2.80. The van der Waals surface area contributed by atoms with Gasteiger partial charge in [0, 0.05) is 32.7 Å². The fraction of sp³-hybridized carbons (Fsp3) is 0.737. The topological polar surface area (TPSA) is 44.8 Å². The summed E-state index contributed by atoms with van der Waals surface area (Å²) in [4.78, 5) is 10.9. The second-order valence-corrected chi connectivity index (χ2v) is 15.6. The van der Waals surface area contributed by atoms with Gasteiger partial charge in [-0.3, -0.25) is 5.92 Å². The van der Waals surface area contributed by atoms with Gasteiger partial charge in [-0.2, -0.15) is 6.42 Å². The van der Waals surface area contributed by atoms with Crippen LogP contribution in [-0.4, -0.2) is 63.5 Å². The van der Waals surface area contributed by atoms with Gasteiger partial charge in [-0.15, -0.1) is 0 Å². The van der Waals surface area contributed by atoms with Gasteiger partial charge in [0.05, 0.1) is 0 Å². The van der Waals surface area contributed by atoms with Gasteiger partial charge in [0.25, 0.3) is 0 Å². The summed E-state index contributed by atoms with van der Waals surface area (Å²) in [7, 11) is -2.56. The Hall–Kier alpha value is 0.561. The number of hydrogen-bond donors (Lipinski definition) is 0. The van der Waals surface area contributed by atoms with Crippen molar-refractivity contribution in [3.63, 3.8) is 0 Å². The molecular formula is C19H32NO4PSiY-2. The van der Waals surface area contributed by atoms with E-state index in [1.54, 1.807) is 0 Å². The molecule has 8 heteroatoms. The average Bonchev–Trinajstić information content (AvgIpc) is 3.11. The Kier molecular flexibility index (Phi) is 9.31. The van der Waals surface area contributed by atoms with Crippen molar-refractivity contribution in [3.8, 4) is 11.8 Å². The molecule has 0 saturated carbocycles. The molecule has 4 aliphatic rings. The van der Waals surface area contributed by atoms with Crippen LogP contribution in [0.3, 0.4) is 0 Å². The first-order valence-corrected chi connectivity index (χ1v) is 14.3. The van der Waals surface area contributed by atoms with Crippen molar-refractivity contribution in [1.29, 1.82) is 0 Å². The molecule has 1 aliphatic carbocycles. The number of quaternary nitrogens is 1. The summed E-state index contributed by atoms with van der Waals surface area (Å²) in [5, 5.41) is 0. The summed E-state index contributed by atoms with van der Waals surface area (Å²) < 4.78 is 19.5. The van der Waals surface area contributed by atoms with Crippen molar-refractivity contribution >= 4 is 21.8 Å². The first-order chi connectivity index (χ1) is 12.6. The summed E-state index contributed by atoms with van der Waals surface area (Å²) in [5.41, 5.74) is 0. The molecular weight excluding hydrogens is 454 g/mol. The van der Waals surface area contributed by atoms with Gasteiger partial charge in [0.15, 0.2) is 0 Å². The van der Waals surface area contributed by atoms with Crippen LogP contribution >= 0.6 is 8.13 Å². The fourth-order valence-electron chi connectivity index (χ4n) is 4.41. The molecule has 0 aromatic heterocycles. The zero-order valence-electron chi connectivity index (χ0n) is 16.3. The van der Waals surface area contributed by atoms with Crippen LogP contribution in [0.15, 0.2) is 0 Å². The molecule has 0 spiro atoms. The van der Waals surface area contributed by atoms with E-state index in [1.807, 2.05) is 0 Å². The van der Waals surface area contributed by atoms with E-state index in [4.69, 9.17) is 13.3 Å². The van der Waals surface area contributed by atoms with Crippen LogP contribution in [0.2, 0.25) is 0 Å². The Labute approximate surface area is 191 Å². The predicted molar refractivity (Wildman–Crippen MR) is 106 cm³/mol. The second-order valence-electron chi connectivity index (χ2n) is 7.50. The minimum Gasteiger partial charge on any atom is 0 e. The molecule has 1 unspecified atom stereocenters. The van der Waals surface area contributed by atoms with Crippen molar-refractivity contribution in [2.24, 2.45) is 0 Å². The maximum Gasteiger partial charge on any atom is 0 e. The van der Waals surface area contributed by atoms with E-state index in [1.165, 1.54) is 25.7 Å². The number of hydrogen-bond acceptors (Lipinski definition) is 4. The van der Waals surface area contributed by atoms with E-state index in [-0.39, 0.29) is 38.5 Å². The van der Waals surface area contributed by atoms with Crippen LogP contribution in [0.25, 0.3) is 0 Å². The normalized spacial score (nSPS) is 31.2. The minimum atomic E-state index is -3.14. The molecule has 0 aromatic carbocycles. The molecule has 3 fully saturated rings. The van der Waals surface area contributed by atoms with Gasteiger partial charge in [-0.1, -0.05) is 32.1 Å². The molecule has 3 saturated heterocycles. The van der Waals surface area contributed by atoms with E-state index in [0.29, 0.717) is 14.5 Å². The quantitative estimate of drug-likeness (QED) is 0.197. The van der Waals surface area contributed by atoms with Crippen molar-refractivity contribution in [2.45, 2.75) is 44.9 Å². The van der Waals surface area contributed by atoms with Gasteiger partial charge >= 0.3 is 109 Å². The summed E-state index contributed by atoms with van der Waals surface area (Å²) in [6.07, 6.45) is 10.8. The van der Waals surface area contributed by atoms with E-state index >= 15 is 0 Å². The monoisotopic (exact) mass is 486 g/mol. The second kappa shape index (κ2) is 10.5. The van der Waals surface area contributed by atoms with Crippen LogP contribution in [0.5, 0.6) is 0 Å². The molecule has 0 aromatic rings. The molecule has 5 nitrogen and oxygen atoms in total. The van der Waals surface area contributed by atoms with Gasteiger partial charge in [-0.25, -0.2) is 0 Å². The third kappa shape index (κ3) is 5.01. The van der Waals surface area contributed by atoms with Crippen molar-refractivity contribution in [3.05, 3.63) is 13.3 Å².